The Kier molecular flexibility index (Phi) is 4.70. The Balaban J connectivity index is 1.86. The summed E-state index contributed by atoms with van der Waals surface area (Å²) in [7, 11) is 2.14. The Bertz CT molecular complexity index is 349. The standard InChI is InChI=1S/C12H21N3S2/c1-9(8-16-3)15(2)12-14-7-11(17-12)6-13-10-4-5-10/h7,9-10,13H,4-6,8H2,1-3H3. The number of nitrogens with one attached hydrogen (secondary N) is 1. The molecule has 0 radical (unpaired) electrons. The van der Waals surface area contributed by atoms with Gasteiger partial charge in [0.15, 0.2) is 5.13 Å². The zero-order chi connectivity index (χ0) is 12.3. The molecule has 17 heavy (non-hydrogen) atoms. The number of anilines is 1. The molecule has 1 fully saturated rings. The van der Waals surface area contributed by atoms with Gasteiger partial charge in [0.2, 0.25) is 0 Å². The second-order valence-corrected chi connectivity index (χ2v) is 6.68. The highest BCUT2D eigenvalue weighted by Gasteiger charge is 2.20. The third kappa shape index (κ3) is 3.86. The van der Waals surface area contributed by atoms with E-state index in [-0.39, 0.29) is 0 Å². The molecule has 0 spiro atoms. The molecule has 1 N–H and O–H groups in total. The third-order valence-electron chi connectivity index (χ3n) is 3.05. The molecule has 1 saturated carbocycles. The number of hydrogen-bond donors (Lipinski definition) is 1. The van der Waals surface area contributed by atoms with E-state index in [9.17, 15) is 0 Å². The summed E-state index contributed by atoms with van der Waals surface area (Å²) in [6.07, 6.45) is 6.85. The second kappa shape index (κ2) is 6.07. The molecule has 3 nitrogen and oxygen atoms in total. The molecule has 1 atom stereocenters. The van der Waals surface area contributed by atoms with Crippen LogP contribution in [0.2, 0.25) is 0 Å². The topological polar surface area (TPSA) is 28.2 Å². The molecule has 1 aromatic heterocycles. The van der Waals surface area contributed by atoms with Crippen LogP contribution in [0, 0.1) is 0 Å². The van der Waals surface area contributed by atoms with Crippen LogP contribution < -0.4 is 10.2 Å². The quantitative estimate of drug-likeness (QED) is 0.825. The molecule has 1 aromatic rings. The van der Waals surface area contributed by atoms with Gasteiger partial charge in [0.1, 0.15) is 0 Å². The number of aromatic nitrogens is 1. The first-order valence-corrected chi connectivity index (χ1v) is 8.31. The van der Waals surface area contributed by atoms with Crippen molar-refractivity contribution in [1.29, 1.82) is 0 Å². The van der Waals surface area contributed by atoms with Gasteiger partial charge in [-0.25, -0.2) is 4.98 Å². The van der Waals surface area contributed by atoms with Crippen molar-refractivity contribution in [3.05, 3.63) is 11.1 Å². The van der Waals surface area contributed by atoms with Gasteiger partial charge in [0, 0.05) is 42.5 Å². The third-order valence-corrected chi connectivity index (χ3v) is 4.96. The minimum absolute atomic E-state index is 0.542. The highest BCUT2D eigenvalue weighted by molar-refractivity contribution is 7.98. The van der Waals surface area contributed by atoms with Crippen molar-refractivity contribution >= 4 is 28.2 Å². The van der Waals surface area contributed by atoms with E-state index in [4.69, 9.17) is 0 Å². The highest BCUT2D eigenvalue weighted by atomic mass is 32.2. The van der Waals surface area contributed by atoms with E-state index in [1.54, 1.807) is 0 Å². The van der Waals surface area contributed by atoms with Gasteiger partial charge in [-0.05, 0) is 26.0 Å². The molecular formula is C12H21N3S2. The zero-order valence-electron chi connectivity index (χ0n) is 10.8. The van der Waals surface area contributed by atoms with E-state index in [2.05, 4.69) is 35.4 Å². The molecule has 1 heterocycles. The monoisotopic (exact) mass is 271 g/mol. The maximum Gasteiger partial charge on any atom is 0.185 e. The Morgan fingerprint density at radius 1 is 1.65 bits per heavy atom. The van der Waals surface area contributed by atoms with Crippen LogP contribution in [0.25, 0.3) is 0 Å². The summed E-state index contributed by atoms with van der Waals surface area (Å²) < 4.78 is 0. The lowest BCUT2D eigenvalue weighted by Gasteiger charge is -2.23. The van der Waals surface area contributed by atoms with Crippen LogP contribution in [0.1, 0.15) is 24.6 Å². The van der Waals surface area contributed by atoms with Gasteiger partial charge in [-0.3, -0.25) is 0 Å². The van der Waals surface area contributed by atoms with Crippen molar-refractivity contribution in [2.45, 2.75) is 38.4 Å². The smallest absolute Gasteiger partial charge is 0.185 e. The number of nitrogens with zero attached hydrogens (tertiary/aromatic N) is 2. The predicted octanol–water partition coefficient (Wildman–Crippen LogP) is 2.58. The number of hydrogen-bond acceptors (Lipinski definition) is 5. The molecule has 1 aliphatic carbocycles. The lowest BCUT2D eigenvalue weighted by atomic mass is 10.4. The van der Waals surface area contributed by atoms with Crippen molar-refractivity contribution in [3.8, 4) is 0 Å². The molecular weight excluding hydrogens is 250 g/mol. The summed E-state index contributed by atoms with van der Waals surface area (Å²) in [5, 5.41) is 4.67. The number of thiazole rings is 1. The Hall–Kier alpha value is -0.260. The van der Waals surface area contributed by atoms with E-state index in [0.29, 0.717) is 6.04 Å². The van der Waals surface area contributed by atoms with E-state index >= 15 is 0 Å². The summed E-state index contributed by atoms with van der Waals surface area (Å²) in [5.74, 6) is 1.14. The minimum Gasteiger partial charge on any atom is -0.348 e. The summed E-state index contributed by atoms with van der Waals surface area (Å²) in [5.41, 5.74) is 0. The van der Waals surface area contributed by atoms with E-state index in [0.717, 1.165) is 23.5 Å². The van der Waals surface area contributed by atoms with Crippen LogP contribution in [0.3, 0.4) is 0 Å². The number of rotatable bonds is 7. The molecule has 0 aromatic carbocycles. The lowest BCUT2D eigenvalue weighted by molar-refractivity contribution is 0.694. The molecule has 2 rings (SSSR count). The van der Waals surface area contributed by atoms with Crippen LogP contribution in [-0.4, -0.2) is 36.1 Å². The maximum atomic E-state index is 4.51. The average molecular weight is 271 g/mol. The first-order valence-electron chi connectivity index (χ1n) is 6.10. The predicted molar refractivity (Wildman–Crippen MR) is 78.2 cm³/mol. The van der Waals surface area contributed by atoms with E-state index < -0.39 is 0 Å². The fraction of sp³-hybridized carbons (Fsp3) is 0.750. The summed E-state index contributed by atoms with van der Waals surface area (Å²) in [6, 6.07) is 1.31. The average Bonchev–Trinajstić information content (AvgIpc) is 3.03. The van der Waals surface area contributed by atoms with E-state index in [1.807, 2.05) is 29.3 Å². The highest BCUT2D eigenvalue weighted by Crippen LogP contribution is 2.25. The van der Waals surface area contributed by atoms with Gasteiger partial charge in [-0.2, -0.15) is 11.8 Å². The van der Waals surface area contributed by atoms with Gasteiger partial charge in [0.05, 0.1) is 0 Å². The van der Waals surface area contributed by atoms with Crippen LogP contribution in [0.5, 0.6) is 0 Å². The number of thioether (sulfide) groups is 1. The van der Waals surface area contributed by atoms with Crippen LogP contribution in [-0.2, 0) is 6.54 Å². The van der Waals surface area contributed by atoms with Gasteiger partial charge >= 0.3 is 0 Å². The summed E-state index contributed by atoms with van der Waals surface area (Å²) in [4.78, 5) is 8.14. The molecule has 5 heteroatoms. The fourth-order valence-electron chi connectivity index (χ4n) is 1.62. The Morgan fingerprint density at radius 2 is 2.41 bits per heavy atom. The normalized spacial score (nSPS) is 17.1. The molecule has 0 aliphatic heterocycles. The summed E-state index contributed by atoms with van der Waals surface area (Å²) in [6.45, 7) is 3.23. The molecule has 96 valence electrons. The lowest BCUT2D eigenvalue weighted by Crippen LogP contribution is -2.30. The van der Waals surface area contributed by atoms with Crippen molar-refractivity contribution in [1.82, 2.24) is 10.3 Å². The van der Waals surface area contributed by atoms with Gasteiger partial charge in [0.25, 0.3) is 0 Å². The Morgan fingerprint density at radius 3 is 3.06 bits per heavy atom. The van der Waals surface area contributed by atoms with Crippen molar-refractivity contribution in [2.75, 3.05) is 24.0 Å². The molecule has 1 unspecified atom stereocenters. The minimum atomic E-state index is 0.542. The first kappa shape index (κ1) is 13.2. The SMILES string of the molecule is CSCC(C)N(C)c1ncc(CNC2CC2)s1. The van der Waals surface area contributed by atoms with Gasteiger partial charge in [-0.1, -0.05) is 0 Å². The molecule has 0 bridgehead atoms. The maximum absolute atomic E-state index is 4.51. The van der Waals surface area contributed by atoms with Crippen LogP contribution in [0.15, 0.2) is 6.20 Å². The first-order chi connectivity index (χ1) is 8.20. The second-order valence-electron chi connectivity index (χ2n) is 4.68. The van der Waals surface area contributed by atoms with Crippen molar-refractivity contribution in [2.24, 2.45) is 0 Å². The van der Waals surface area contributed by atoms with Crippen LogP contribution >= 0.6 is 23.1 Å². The van der Waals surface area contributed by atoms with Crippen molar-refractivity contribution in [3.63, 3.8) is 0 Å². The van der Waals surface area contributed by atoms with Gasteiger partial charge in [-0.15, -0.1) is 11.3 Å². The van der Waals surface area contributed by atoms with Gasteiger partial charge < -0.3 is 10.2 Å². The fourth-order valence-corrected chi connectivity index (χ4v) is 3.25. The Labute approximate surface area is 112 Å². The van der Waals surface area contributed by atoms with Crippen molar-refractivity contribution < 1.29 is 0 Å². The largest absolute Gasteiger partial charge is 0.348 e. The molecule has 0 amide bonds. The summed E-state index contributed by atoms with van der Waals surface area (Å²) >= 11 is 3.69. The van der Waals surface area contributed by atoms with Crippen LogP contribution in [0.4, 0.5) is 5.13 Å². The molecule has 0 saturated heterocycles. The zero-order valence-corrected chi connectivity index (χ0v) is 12.4. The molecule has 1 aliphatic rings. The van der Waals surface area contributed by atoms with E-state index in [1.165, 1.54) is 17.7 Å².